The molecule has 0 aliphatic rings. The lowest BCUT2D eigenvalue weighted by atomic mass is 10.1. The number of nitrogens with zero attached hydrogens (tertiary/aromatic N) is 1. The summed E-state index contributed by atoms with van der Waals surface area (Å²) in [4.78, 5) is 15.9. The van der Waals surface area contributed by atoms with E-state index in [-0.39, 0.29) is 11.7 Å². The molecule has 1 aromatic heterocycles. The van der Waals surface area contributed by atoms with Gasteiger partial charge in [0.15, 0.2) is 0 Å². The first-order chi connectivity index (χ1) is 9.60. The summed E-state index contributed by atoms with van der Waals surface area (Å²) >= 11 is 0. The molecule has 0 fully saturated rings. The van der Waals surface area contributed by atoms with Gasteiger partial charge in [-0.1, -0.05) is 12.1 Å². The van der Waals surface area contributed by atoms with Crippen molar-refractivity contribution in [2.24, 2.45) is 0 Å². The molecule has 0 bridgehead atoms. The number of pyridine rings is 1. The Labute approximate surface area is 116 Å². The second-order valence-corrected chi connectivity index (χ2v) is 4.36. The highest BCUT2D eigenvalue weighted by atomic mass is 19.1. The van der Waals surface area contributed by atoms with Gasteiger partial charge in [-0.25, -0.2) is 9.37 Å². The van der Waals surface area contributed by atoms with Gasteiger partial charge in [0.2, 0.25) is 5.88 Å². The zero-order chi connectivity index (χ0) is 14.5. The molecule has 1 aromatic carbocycles. The number of ether oxygens (including phenoxy) is 1. The molecule has 0 aliphatic carbocycles. The maximum atomic E-state index is 13.4. The van der Waals surface area contributed by atoms with Crippen LogP contribution in [0.2, 0.25) is 0 Å². The van der Waals surface area contributed by atoms with Crippen LogP contribution in [0.1, 0.15) is 21.5 Å². The SMILES string of the molecule is COc1ccc(CNC(=O)c2ccc(C)c(F)c2)cn1. The number of rotatable bonds is 4. The molecule has 5 heteroatoms. The van der Waals surface area contributed by atoms with Gasteiger partial charge in [-0.3, -0.25) is 4.79 Å². The van der Waals surface area contributed by atoms with E-state index in [9.17, 15) is 9.18 Å². The van der Waals surface area contributed by atoms with Crippen molar-refractivity contribution >= 4 is 5.91 Å². The molecule has 1 heterocycles. The van der Waals surface area contributed by atoms with Crippen molar-refractivity contribution in [2.75, 3.05) is 7.11 Å². The monoisotopic (exact) mass is 274 g/mol. The molecule has 20 heavy (non-hydrogen) atoms. The average molecular weight is 274 g/mol. The van der Waals surface area contributed by atoms with Gasteiger partial charge in [0, 0.05) is 24.4 Å². The predicted octanol–water partition coefficient (Wildman–Crippen LogP) is 2.47. The highest BCUT2D eigenvalue weighted by Gasteiger charge is 2.08. The van der Waals surface area contributed by atoms with E-state index in [0.717, 1.165) is 5.56 Å². The molecule has 1 amide bonds. The van der Waals surface area contributed by atoms with Crippen LogP contribution in [-0.4, -0.2) is 18.0 Å². The topological polar surface area (TPSA) is 51.2 Å². The first-order valence-electron chi connectivity index (χ1n) is 6.13. The Morgan fingerprint density at radius 2 is 2.15 bits per heavy atom. The van der Waals surface area contributed by atoms with Gasteiger partial charge in [-0.05, 0) is 30.2 Å². The standard InChI is InChI=1S/C15H15FN2O2/c1-10-3-5-12(7-13(10)16)15(19)18-9-11-4-6-14(20-2)17-8-11/h3-8H,9H2,1-2H3,(H,18,19). The van der Waals surface area contributed by atoms with Crippen molar-refractivity contribution in [1.82, 2.24) is 10.3 Å². The predicted molar refractivity (Wildman–Crippen MR) is 73.1 cm³/mol. The minimum Gasteiger partial charge on any atom is -0.481 e. The number of amides is 1. The number of methoxy groups -OCH3 is 1. The number of carbonyl (C=O) groups excluding carboxylic acids is 1. The quantitative estimate of drug-likeness (QED) is 0.931. The number of halogens is 1. The second-order valence-electron chi connectivity index (χ2n) is 4.36. The normalized spacial score (nSPS) is 10.2. The lowest BCUT2D eigenvalue weighted by molar-refractivity contribution is 0.0950. The number of aromatic nitrogens is 1. The summed E-state index contributed by atoms with van der Waals surface area (Å²) in [5.74, 6) is -0.191. The van der Waals surface area contributed by atoms with E-state index in [1.54, 1.807) is 31.3 Å². The third-order valence-corrected chi connectivity index (χ3v) is 2.89. The van der Waals surface area contributed by atoms with Crippen LogP contribution in [0.25, 0.3) is 0 Å². The average Bonchev–Trinajstić information content (AvgIpc) is 2.48. The zero-order valence-electron chi connectivity index (χ0n) is 11.3. The summed E-state index contributed by atoms with van der Waals surface area (Å²) in [5.41, 5.74) is 1.65. The zero-order valence-corrected chi connectivity index (χ0v) is 11.3. The van der Waals surface area contributed by atoms with Crippen molar-refractivity contribution in [2.45, 2.75) is 13.5 Å². The van der Waals surface area contributed by atoms with Gasteiger partial charge in [0.1, 0.15) is 5.82 Å². The third kappa shape index (κ3) is 3.32. The Morgan fingerprint density at radius 1 is 1.35 bits per heavy atom. The maximum Gasteiger partial charge on any atom is 0.251 e. The van der Waals surface area contributed by atoms with Gasteiger partial charge in [0.25, 0.3) is 5.91 Å². The lowest BCUT2D eigenvalue weighted by Gasteiger charge is -2.06. The van der Waals surface area contributed by atoms with E-state index in [0.29, 0.717) is 23.6 Å². The first-order valence-corrected chi connectivity index (χ1v) is 6.13. The Balaban J connectivity index is 1.98. The Kier molecular flexibility index (Phi) is 4.30. The van der Waals surface area contributed by atoms with Crippen LogP contribution in [0.4, 0.5) is 4.39 Å². The smallest absolute Gasteiger partial charge is 0.251 e. The van der Waals surface area contributed by atoms with E-state index in [1.807, 2.05) is 6.07 Å². The Morgan fingerprint density at radius 3 is 2.75 bits per heavy atom. The molecule has 0 aliphatic heterocycles. The number of nitrogens with one attached hydrogen (secondary N) is 1. The molecule has 0 spiro atoms. The van der Waals surface area contributed by atoms with Gasteiger partial charge < -0.3 is 10.1 Å². The largest absolute Gasteiger partial charge is 0.481 e. The summed E-state index contributed by atoms with van der Waals surface area (Å²) in [7, 11) is 1.54. The van der Waals surface area contributed by atoms with Crippen molar-refractivity contribution in [3.63, 3.8) is 0 Å². The molecule has 0 atom stereocenters. The molecule has 0 saturated carbocycles. The lowest BCUT2D eigenvalue weighted by Crippen LogP contribution is -2.23. The molecule has 104 valence electrons. The van der Waals surface area contributed by atoms with Gasteiger partial charge >= 0.3 is 0 Å². The molecular weight excluding hydrogens is 259 g/mol. The maximum absolute atomic E-state index is 13.4. The van der Waals surface area contributed by atoms with Crippen LogP contribution in [0, 0.1) is 12.7 Å². The van der Waals surface area contributed by atoms with Gasteiger partial charge in [-0.2, -0.15) is 0 Å². The fourth-order valence-electron chi connectivity index (χ4n) is 1.65. The van der Waals surface area contributed by atoms with Crippen LogP contribution in [0.5, 0.6) is 5.88 Å². The van der Waals surface area contributed by atoms with Gasteiger partial charge in [-0.15, -0.1) is 0 Å². The van der Waals surface area contributed by atoms with E-state index < -0.39 is 0 Å². The van der Waals surface area contributed by atoms with E-state index in [2.05, 4.69) is 10.3 Å². The fraction of sp³-hybridized carbons (Fsp3) is 0.200. The van der Waals surface area contributed by atoms with Crippen molar-refractivity contribution < 1.29 is 13.9 Å². The number of hydrogen-bond acceptors (Lipinski definition) is 3. The molecule has 2 rings (SSSR count). The van der Waals surface area contributed by atoms with Crippen LogP contribution in [0.3, 0.4) is 0 Å². The van der Waals surface area contributed by atoms with Crippen molar-refractivity contribution in [3.8, 4) is 5.88 Å². The minimum atomic E-state index is -0.385. The van der Waals surface area contributed by atoms with Crippen molar-refractivity contribution in [1.29, 1.82) is 0 Å². The highest BCUT2D eigenvalue weighted by molar-refractivity contribution is 5.94. The van der Waals surface area contributed by atoms with E-state index in [4.69, 9.17) is 4.74 Å². The molecule has 0 saturated heterocycles. The van der Waals surface area contributed by atoms with Crippen LogP contribution >= 0.6 is 0 Å². The summed E-state index contributed by atoms with van der Waals surface area (Å²) in [6.07, 6.45) is 1.62. The number of aryl methyl sites for hydroxylation is 1. The summed E-state index contributed by atoms with van der Waals surface area (Å²) in [6.45, 7) is 1.98. The first kappa shape index (κ1) is 14.0. The Hall–Kier alpha value is -2.43. The number of benzene rings is 1. The van der Waals surface area contributed by atoms with Gasteiger partial charge in [0.05, 0.1) is 7.11 Å². The Bertz CT molecular complexity index is 612. The molecular formula is C15H15FN2O2. The van der Waals surface area contributed by atoms with Crippen LogP contribution in [0.15, 0.2) is 36.5 Å². The molecule has 0 unspecified atom stereocenters. The highest BCUT2D eigenvalue weighted by Crippen LogP contribution is 2.10. The molecule has 0 radical (unpaired) electrons. The third-order valence-electron chi connectivity index (χ3n) is 2.89. The summed E-state index contributed by atoms with van der Waals surface area (Å²) in [6, 6.07) is 7.94. The molecule has 2 aromatic rings. The summed E-state index contributed by atoms with van der Waals surface area (Å²) < 4.78 is 18.3. The minimum absolute atomic E-state index is 0.301. The second kappa shape index (κ2) is 6.14. The van der Waals surface area contributed by atoms with E-state index in [1.165, 1.54) is 13.2 Å². The number of hydrogen-bond donors (Lipinski definition) is 1. The van der Waals surface area contributed by atoms with E-state index >= 15 is 0 Å². The van der Waals surface area contributed by atoms with Crippen molar-refractivity contribution in [3.05, 3.63) is 59.0 Å². The molecule has 4 nitrogen and oxygen atoms in total. The molecule has 1 N–H and O–H groups in total. The number of carbonyl (C=O) groups is 1. The fourth-order valence-corrected chi connectivity index (χ4v) is 1.65. The van der Waals surface area contributed by atoms with Crippen LogP contribution < -0.4 is 10.1 Å². The van der Waals surface area contributed by atoms with Crippen LogP contribution in [-0.2, 0) is 6.54 Å². The summed E-state index contributed by atoms with van der Waals surface area (Å²) in [5, 5.41) is 2.71.